The fourth-order valence-corrected chi connectivity index (χ4v) is 2.21. The average molecular weight is 372 g/mol. The minimum Gasteiger partial charge on any atom is -0.497 e. The van der Waals surface area contributed by atoms with Crippen molar-refractivity contribution in [2.45, 2.75) is 13.0 Å². The van der Waals surface area contributed by atoms with Gasteiger partial charge in [0.2, 0.25) is 5.91 Å². The highest BCUT2D eigenvalue weighted by atomic mass is 16.5. The third-order valence-corrected chi connectivity index (χ3v) is 3.72. The number of hydrogen-bond acceptors (Lipinski definition) is 6. The largest absolute Gasteiger partial charge is 0.497 e. The Labute approximate surface area is 156 Å². The molecule has 0 aliphatic heterocycles. The molecule has 3 N–H and O–H groups in total. The number of nitrogens with two attached hydrogens (primary N) is 1. The third kappa shape index (κ3) is 4.97. The van der Waals surface area contributed by atoms with Crippen molar-refractivity contribution in [1.82, 2.24) is 0 Å². The highest BCUT2D eigenvalue weighted by molar-refractivity contribution is 5.99. The number of nitrogens with one attached hydrogen (secondary N) is 1. The van der Waals surface area contributed by atoms with E-state index >= 15 is 0 Å². The predicted molar refractivity (Wildman–Crippen MR) is 98.0 cm³/mol. The lowest BCUT2D eigenvalue weighted by atomic mass is 10.2. The third-order valence-electron chi connectivity index (χ3n) is 3.72. The van der Waals surface area contributed by atoms with Crippen molar-refractivity contribution in [3.8, 4) is 11.5 Å². The van der Waals surface area contributed by atoms with Gasteiger partial charge in [0.05, 0.1) is 14.2 Å². The maximum absolute atomic E-state index is 12.3. The zero-order chi connectivity index (χ0) is 20.0. The molecule has 1 atom stereocenters. The number of methoxy groups -OCH3 is 2. The molecule has 8 heteroatoms. The molecule has 0 bridgehead atoms. The van der Waals surface area contributed by atoms with Crippen LogP contribution in [0.2, 0.25) is 0 Å². The molecular weight excluding hydrogens is 352 g/mol. The molecule has 0 saturated heterocycles. The number of carbonyl (C=O) groups is 3. The second-order valence-corrected chi connectivity index (χ2v) is 5.54. The van der Waals surface area contributed by atoms with Crippen molar-refractivity contribution < 1.29 is 28.6 Å². The van der Waals surface area contributed by atoms with Gasteiger partial charge >= 0.3 is 5.97 Å². The molecule has 2 rings (SSSR count). The molecule has 0 saturated carbocycles. The van der Waals surface area contributed by atoms with Crippen LogP contribution in [0.4, 0.5) is 5.69 Å². The molecule has 0 aliphatic rings. The molecule has 27 heavy (non-hydrogen) atoms. The molecule has 0 heterocycles. The zero-order valence-corrected chi connectivity index (χ0v) is 15.1. The monoisotopic (exact) mass is 372 g/mol. The topological polar surface area (TPSA) is 117 Å². The standard InChI is InChI=1S/C19H20N2O6/c1-11(18(23)21-13-6-4-12(5-7-13)17(20)22)27-19(24)15-9-8-14(25-2)10-16(15)26-3/h4-11H,1-3H3,(H2,20,22)(H,21,23). The summed E-state index contributed by atoms with van der Waals surface area (Å²) < 4.78 is 15.4. The van der Waals surface area contributed by atoms with E-state index in [1.165, 1.54) is 51.5 Å². The zero-order valence-electron chi connectivity index (χ0n) is 15.1. The predicted octanol–water partition coefficient (Wildman–Crippen LogP) is 1.99. The normalized spacial score (nSPS) is 11.2. The van der Waals surface area contributed by atoms with E-state index in [4.69, 9.17) is 19.9 Å². The van der Waals surface area contributed by atoms with Crippen LogP contribution in [-0.2, 0) is 9.53 Å². The Morgan fingerprint density at radius 2 is 1.67 bits per heavy atom. The number of anilines is 1. The minimum absolute atomic E-state index is 0.170. The number of ether oxygens (including phenoxy) is 3. The summed E-state index contributed by atoms with van der Waals surface area (Å²) in [5, 5.41) is 2.59. The Morgan fingerprint density at radius 3 is 2.22 bits per heavy atom. The molecule has 0 spiro atoms. The van der Waals surface area contributed by atoms with Crippen LogP contribution in [0.3, 0.4) is 0 Å². The van der Waals surface area contributed by atoms with Gasteiger partial charge < -0.3 is 25.3 Å². The number of amides is 2. The van der Waals surface area contributed by atoms with Crippen molar-refractivity contribution in [3.05, 3.63) is 53.6 Å². The molecule has 2 amide bonds. The van der Waals surface area contributed by atoms with E-state index < -0.39 is 23.9 Å². The summed E-state index contributed by atoms with van der Waals surface area (Å²) in [7, 11) is 2.91. The molecule has 0 radical (unpaired) electrons. The summed E-state index contributed by atoms with van der Waals surface area (Å²) in [5.41, 5.74) is 6.09. The number of benzene rings is 2. The average Bonchev–Trinajstić information content (AvgIpc) is 2.67. The van der Waals surface area contributed by atoms with Crippen LogP contribution >= 0.6 is 0 Å². The Bertz CT molecular complexity index is 848. The summed E-state index contributed by atoms with van der Waals surface area (Å²) >= 11 is 0. The van der Waals surface area contributed by atoms with E-state index in [1.807, 2.05) is 0 Å². The van der Waals surface area contributed by atoms with Gasteiger partial charge in [-0.25, -0.2) is 4.79 Å². The lowest BCUT2D eigenvalue weighted by molar-refractivity contribution is -0.123. The fourth-order valence-electron chi connectivity index (χ4n) is 2.21. The van der Waals surface area contributed by atoms with Gasteiger partial charge in [0.25, 0.3) is 5.91 Å². The van der Waals surface area contributed by atoms with Crippen LogP contribution in [0.5, 0.6) is 11.5 Å². The second kappa shape index (κ2) is 8.70. The molecule has 2 aromatic rings. The first-order valence-electron chi connectivity index (χ1n) is 7.99. The summed E-state index contributed by atoms with van der Waals surface area (Å²) in [6, 6.07) is 10.6. The van der Waals surface area contributed by atoms with Gasteiger partial charge in [-0.3, -0.25) is 9.59 Å². The molecule has 0 aliphatic carbocycles. The maximum atomic E-state index is 12.3. The number of carbonyl (C=O) groups excluding carboxylic acids is 3. The van der Waals surface area contributed by atoms with E-state index in [0.717, 1.165) is 0 Å². The van der Waals surface area contributed by atoms with Crippen LogP contribution in [-0.4, -0.2) is 38.1 Å². The van der Waals surface area contributed by atoms with Gasteiger partial charge in [-0.2, -0.15) is 0 Å². The minimum atomic E-state index is -1.06. The lowest BCUT2D eigenvalue weighted by Gasteiger charge is -2.15. The van der Waals surface area contributed by atoms with Gasteiger partial charge in [0.1, 0.15) is 17.1 Å². The van der Waals surface area contributed by atoms with E-state index in [-0.39, 0.29) is 11.3 Å². The summed E-state index contributed by atoms with van der Waals surface area (Å²) in [6.45, 7) is 1.45. The summed E-state index contributed by atoms with van der Waals surface area (Å²) in [6.07, 6.45) is -1.06. The highest BCUT2D eigenvalue weighted by Gasteiger charge is 2.22. The Kier molecular flexibility index (Phi) is 6.37. The van der Waals surface area contributed by atoms with Crippen molar-refractivity contribution in [3.63, 3.8) is 0 Å². The maximum Gasteiger partial charge on any atom is 0.342 e. The Morgan fingerprint density at radius 1 is 1.00 bits per heavy atom. The number of primary amides is 1. The van der Waals surface area contributed by atoms with Gasteiger partial charge in [-0.05, 0) is 43.3 Å². The van der Waals surface area contributed by atoms with Gasteiger partial charge in [0, 0.05) is 17.3 Å². The van der Waals surface area contributed by atoms with E-state index in [9.17, 15) is 14.4 Å². The van der Waals surface area contributed by atoms with Crippen LogP contribution in [0.1, 0.15) is 27.6 Å². The van der Waals surface area contributed by atoms with E-state index in [2.05, 4.69) is 5.32 Å². The highest BCUT2D eigenvalue weighted by Crippen LogP contribution is 2.25. The van der Waals surface area contributed by atoms with Crippen LogP contribution < -0.4 is 20.5 Å². The first kappa shape index (κ1) is 19.8. The van der Waals surface area contributed by atoms with Crippen LogP contribution in [0, 0.1) is 0 Å². The smallest absolute Gasteiger partial charge is 0.342 e. The van der Waals surface area contributed by atoms with Crippen molar-refractivity contribution in [2.24, 2.45) is 5.73 Å². The molecule has 2 aromatic carbocycles. The molecule has 0 aromatic heterocycles. The lowest BCUT2D eigenvalue weighted by Crippen LogP contribution is -2.30. The van der Waals surface area contributed by atoms with Gasteiger partial charge in [0.15, 0.2) is 6.10 Å². The first-order valence-corrected chi connectivity index (χ1v) is 7.99. The van der Waals surface area contributed by atoms with Crippen molar-refractivity contribution >= 4 is 23.5 Å². The Balaban J connectivity index is 2.03. The van der Waals surface area contributed by atoms with Gasteiger partial charge in [-0.15, -0.1) is 0 Å². The molecule has 8 nitrogen and oxygen atoms in total. The Hall–Kier alpha value is -3.55. The fraction of sp³-hybridized carbons (Fsp3) is 0.211. The van der Waals surface area contributed by atoms with E-state index in [1.54, 1.807) is 12.1 Å². The van der Waals surface area contributed by atoms with E-state index in [0.29, 0.717) is 17.0 Å². The number of rotatable bonds is 7. The SMILES string of the molecule is COc1ccc(C(=O)OC(C)C(=O)Nc2ccc(C(N)=O)cc2)c(OC)c1. The molecule has 142 valence electrons. The first-order chi connectivity index (χ1) is 12.8. The van der Waals surface area contributed by atoms with Crippen molar-refractivity contribution in [2.75, 3.05) is 19.5 Å². The molecule has 0 fully saturated rings. The number of esters is 1. The summed E-state index contributed by atoms with van der Waals surface area (Å²) in [5.74, 6) is -1.00. The number of hydrogen-bond donors (Lipinski definition) is 2. The van der Waals surface area contributed by atoms with Crippen LogP contribution in [0.15, 0.2) is 42.5 Å². The quantitative estimate of drug-likeness (QED) is 0.718. The van der Waals surface area contributed by atoms with Crippen molar-refractivity contribution in [1.29, 1.82) is 0 Å². The summed E-state index contributed by atoms with van der Waals surface area (Å²) in [4.78, 5) is 35.6. The van der Waals surface area contributed by atoms with Crippen LogP contribution in [0.25, 0.3) is 0 Å². The molecule has 1 unspecified atom stereocenters. The second-order valence-electron chi connectivity index (χ2n) is 5.54. The van der Waals surface area contributed by atoms with Gasteiger partial charge in [-0.1, -0.05) is 0 Å². The molecular formula is C19H20N2O6.